The number of ether oxygens (including phenoxy) is 1. The van der Waals surface area contributed by atoms with Crippen LogP contribution in [-0.2, 0) is 4.79 Å². The van der Waals surface area contributed by atoms with Crippen molar-refractivity contribution in [1.82, 2.24) is 20.4 Å². The van der Waals surface area contributed by atoms with Crippen molar-refractivity contribution >= 4 is 17.4 Å². The van der Waals surface area contributed by atoms with E-state index in [9.17, 15) is 10.1 Å². The van der Waals surface area contributed by atoms with Gasteiger partial charge in [0.25, 0.3) is 0 Å². The first kappa shape index (κ1) is 35.3. The molecular weight excluding hydrogens is 564 g/mol. The number of anilines is 1. The van der Waals surface area contributed by atoms with Crippen molar-refractivity contribution in [2.24, 2.45) is 10.7 Å². The van der Waals surface area contributed by atoms with Crippen LogP contribution < -0.4 is 26.4 Å². The number of nitrogens with one attached hydrogen (secondary N) is 3. The molecule has 2 aliphatic rings. The second kappa shape index (κ2) is 17.3. The van der Waals surface area contributed by atoms with Crippen molar-refractivity contribution in [3.63, 3.8) is 0 Å². The van der Waals surface area contributed by atoms with Gasteiger partial charge in [-0.15, -0.1) is 0 Å². The number of nitrogens with two attached hydrogens (primary N) is 1. The van der Waals surface area contributed by atoms with E-state index in [4.69, 9.17) is 15.5 Å². The molecule has 1 aromatic carbocycles. The van der Waals surface area contributed by atoms with E-state index in [1.807, 2.05) is 58.0 Å². The van der Waals surface area contributed by atoms with E-state index in [1.54, 1.807) is 0 Å². The average Bonchev–Trinajstić information content (AvgIpc) is 2.99. The van der Waals surface area contributed by atoms with Gasteiger partial charge in [0.1, 0.15) is 29.4 Å². The standard InChI is InChI=1S/C35H52N8O2/c1-8-34(44)38-26(5)31(17-16-25(4)43-20-18-30(19-21-43)42(7)29-12-11-13-29)39-27(6)40-35(28(22-36)23-37)41-32-14-9-10-15-33(32)45-24(2)3/h8-10,14-17,22,24,26-27,29-30,39H,1,11-13,18-21,36H2,2-7H3,(H,38,44)(H,40,41)/b25-16+,28-22-,31-17+. The van der Waals surface area contributed by atoms with Crippen LogP contribution in [0.25, 0.3) is 0 Å². The van der Waals surface area contributed by atoms with Crippen LogP contribution >= 0.6 is 0 Å². The van der Waals surface area contributed by atoms with Crippen LogP contribution in [0.3, 0.4) is 0 Å². The summed E-state index contributed by atoms with van der Waals surface area (Å²) in [5, 5.41) is 19.4. The normalized spacial score (nSPS) is 18.6. The Hall–Kier alpha value is -4.23. The third kappa shape index (κ3) is 10.4. The maximum atomic E-state index is 12.2. The Morgan fingerprint density at radius 2 is 1.80 bits per heavy atom. The molecule has 10 heteroatoms. The molecule has 3 rings (SSSR count). The second-order valence-corrected chi connectivity index (χ2v) is 12.1. The minimum atomic E-state index is -0.491. The zero-order valence-corrected chi connectivity index (χ0v) is 27.8. The van der Waals surface area contributed by atoms with Crippen LogP contribution in [0.5, 0.6) is 5.75 Å². The molecule has 0 aromatic heterocycles. The summed E-state index contributed by atoms with van der Waals surface area (Å²) in [5.74, 6) is 0.658. The number of carbonyl (C=O) groups is 1. The van der Waals surface area contributed by atoms with Gasteiger partial charge in [-0.05, 0) is 97.7 Å². The number of benzene rings is 1. The fourth-order valence-corrected chi connectivity index (χ4v) is 5.56. The van der Waals surface area contributed by atoms with Crippen molar-refractivity contribution in [2.75, 3.05) is 25.5 Å². The van der Waals surface area contributed by atoms with Gasteiger partial charge in [0, 0.05) is 42.8 Å². The molecular formula is C35H52N8O2. The zero-order valence-electron chi connectivity index (χ0n) is 27.8. The molecule has 10 nitrogen and oxygen atoms in total. The molecule has 244 valence electrons. The first-order chi connectivity index (χ1) is 21.6. The fourth-order valence-electron chi connectivity index (χ4n) is 5.56. The number of aliphatic imine (C=N–C) groups is 1. The zero-order chi connectivity index (χ0) is 32.9. The van der Waals surface area contributed by atoms with E-state index >= 15 is 0 Å². The largest absolute Gasteiger partial charge is 0.489 e. The third-order valence-electron chi connectivity index (χ3n) is 8.45. The molecule has 2 atom stereocenters. The fraction of sp³-hybridized carbons (Fsp3) is 0.514. The van der Waals surface area contributed by atoms with Gasteiger partial charge in [-0.3, -0.25) is 4.79 Å². The summed E-state index contributed by atoms with van der Waals surface area (Å²) in [6, 6.07) is 10.6. The molecule has 1 saturated carbocycles. The van der Waals surface area contributed by atoms with Crippen LogP contribution in [0.1, 0.15) is 66.7 Å². The number of nitriles is 1. The number of piperidine rings is 1. The van der Waals surface area contributed by atoms with Crippen LogP contribution in [-0.4, -0.2) is 72.1 Å². The van der Waals surface area contributed by atoms with Gasteiger partial charge in [-0.2, -0.15) is 5.26 Å². The monoisotopic (exact) mass is 616 g/mol. The highest BCUT2D eigenvalue weighted by molar-refractivity contribution is 6.11. The Morgan fingerprint density at radius 1 is 1.13 bits per heavy atom. The number of likely N-dealkylation sites (tertiary alicyclic amines) is 1. The maximum absolute atomic E-state index is 12.2. The van der Waals surface area contributed by atoms with Crippen molar-refractivity contribution in [1.29, 1.82) is 5.26 Å². The highest BCUT2D eigenvalue weighted by Crippen LogP contribution is 2.29. The molecule has 1 amide bonds. The summed E-state index contributed by atoms with van der Waals surface area (Å²) in [6.07, 6.45) is 12.4. The molecule has 0 radical (unpaired) electrons. The Morgan fingerprint density at radius 3 is 2.38 bits per heavy atom. The Bertz CT molecular complexity index is 1310. The van der Waals surface area contributed by atoms with Crippen LogP contribution in [0.4, 0.5) is 5.69 Å². The van der Waals surface area contributed by atoms with Crippen molar-refractivity contribution in [3.8, 4) is 11.8 Å². The van der Waals surface area contributed by atoms with Crippen LogP contribution in [0.15, 0.2) is 77.2 Å². The van der Waals surface area contributed by atoms with Gasteiger partial charge in [0.05, 0.1) is 17.8 Å². The van der Waals surface area contributed by atoms with Crippen molar-refractivity contribution < 1.29 is 9.53 Å². The topological polar surface area (TPSA) is 131 Å². The number of hydrogen-bond donors (Lipinski definition) is 4. The quantitative estimate of drug-likeness (QED) is 0.0754. The van der Waals surface area contributed by atoms with E-state index in [0.717, 1.165) is 37.7 Å². The number of nitrogens with zero attached hydrogens (tertiary/aromatic N) is 4. The first-order valence-electron chi connectivity index (χ1n) is 16.0. The van der Waals surface area contributed by atoms with E-state index in [-0.39, 0.29) is 23.6 Å². The van der Waals surface area contributed by atoms with E-state index < -0.39 is 6.17 Å². The minimum Gasteiger partial charge on any atom is -0.489 e. The lowest BCUT2D eigenvalue weighted by Crippen LogP contribution is -2.48. The number of para-hydroxylation sites is 2. The number of rotatable bonds is 14. The molecule has 0 bridgehead atoms. The number of allylic oxidation sites excluding steroid dienone is 3. The molecule has 1 aromatic rings. The van der Waals surface area contributed by atoms with Crippen molar-refractivity contribution in [3.05, 3.63) is 72.2 Å². The summed E-state index contributed by atoms with van der Waals surface area (Å²) in [7, 11) is 2.29. The summed E-state index contributed by atoms with van der Waals surface area (Å²) in [5.41, 5.74) is 8.59. The summed E-state index contributed by atoms with van der Waals surface area (Å²) in [4.78, 5) is 22.0. The van der Waals surface area contributed by atoms with Gasteiger partial charge in [-0.25, -0.2) is 4.99 Å². The summed E-state index contributed by atoms with van der Waals surface area (Å²) in [6.45, 7) is 15.4. The highest BCUT2D eigenvalue weighted by atomic mass is 16.5. The molecule has 1 aliphatic carbocycles. The van der Waals surface area contributed by atoms with E-state index in [0.29, 0.717) is 23.3 Å². The third-order valence-corrected chi connectivity index (χ3v) is 8.45. The van der Waals surface area contributed by atoms with Crippen molar-refractivity contribution in [2.45, 2.75) is 97.1 Å². The lowest BCUT2D eigenvalue weighted by molar-refractivity contribution is -0.116. The SMILES string of the molecule is C=CC(=O)NC(C)/C(=C\C=C(/C)N1CCC(N(C)C2CCC2)CC1)NC(C)/N=C(Nc1ccccc1OC(C)C)\C(C#N)=C/N. The lowest BCUT2D eigenvalue weighted by atomic mass is 9.89. The number of amidine groups is 1. The molecule has 2 unspecified atom stereocenters. The molecule has 2 fully saturated rings. The van der Waals surface area contributed by atoms with E-state index in [1.165, 1.54) is 37.2 Å². The average molecular weight is 617 g/mol. The first-order valence-corrected chi connectivity index (χ1v) is 16.0. The van der Waals surface area contributed by atoms with Gasteiger partial charge < -0.3 is 36.2 Å². The minimum absolute atomic E-state index is 0.0362. The number of carbonyl (C=O) groups excluding carboxylic acids is 1. The Labute approximate surface area is 269 Å². The Kier molecular flexibility index (Phi) is 13.6. The van der Waals surface area contributed by atoms with E-state index in [2.05, 4.69) is 58.4 Å². The lowest BCUT2D eigenvalue weighted by Gasteiger charge is -2.44. The molecule has 1 saturated heterocycles. The summed E-state index contributed by atoms with van der Waals surface area (Å²) < 4.78 is 5.94. The van der Waals surface area contributed by atoms with Gasteiger partial charge >= 0.3 is 0 Å². The molecule has 1 aliphatic heterocycles. The maximum Gasteiger partial charge on any atom is 0.243 e. The van der Waals surface area contributed by atoms with Crippen LogP contribution in [0, 0.1) is 11.3 Å². The molecule has 1 heterocycles. The number of hydrogen-bond acceptors (Lipinski definition) is 8. The smallest absolute Gasteiger partial charge is 0.243 e. The predicted molar refractivity (Wildman–Crippen MR) is 183 cm³/mol. The number of amides is 1. The Balaban J connectivity index is 1.81. The second-order valence-electron chi connectivity index (χ2n) is 12.1. The molecule has 0 spiro atoms. The van der Waals surface area contributed by atoms with Gasteiger partial charge in [0.15, 0.2) is 0 Å². The van der Waals surface area contributed by atoms with Crippen LogP contribution in [0.2, 0.25) is 0 Å². The highest BCUT2D eigenvalue weighted by Gasteiger charge is 2.30. The predicted octanol–water partition coefficient (Wildman–Crippen LogP) is 5.01. The van der Waals surface area contributed by atoms with Gasteiger partial charge in [-0.1, -0.05) is 25.1 Å². The molecule has 5 N–H and O–H groups in total. The van der Waals surface area contributed by atoms with Gasteiger partial charge in [0.2, 0.25) is 5.91 Å². The summed E-state index contributed by atoms with van der Waals surface area (Å²) >= 11 is 0. The molecule has 45 heavy (non-hydrogen) atoms.